The average molecular weight is 242 g/mol. The number of aliphatic carboxylic acids is 1. The number of nitrogens with zero attached hydrogens (tertiary/aromatic N) is 2. The molecule has 0 aromatic heterocycles. The minimum atomic E-state index is -0.895. The van der Waals surface area contributed by atoms with E-state index in [4.69, 9.17) is 5.11 Å². The van der Waals surface area contributed by atoms with Gasteiger partial charge in [0.2, 0.25) is 0 Å². The SMILES string of the molecule is CCC(CC)N(C)C(=O)N1CCCC1C(=O)O. The fourth-order valence-electron chi connectivity index (χ4n) is 2.45. The number of likely N-dealkylation sites (tertiary alicyclic amines) is 1. The van der Waals surface area contributed by atoms with Crippen LogP contribution in [0.4, 0.5) is 4.79 Å². The second kappa shape index (κ2) is 5.89. The lowest BCUT2D eigenvalue weighted by Crippen LogP contribution is -2.49. The molecule has 98 valence electrons. The molecule has 0 aliphatic carbocycles. The molecular weight excluding hydrogens is 220 g/mol. The van der Waals surface area contributed by atoms with Gasteiger partial charge in [0.15, 0.2) is 0 Å². The first-order valence-corrected chi connectivity index (χ1v) is 6.29. The van der Waals surface area contributed by atoms with Gasteiger partial charge in [-0.2, -0.15) is 0 Å². The van der Waals surface area contributed by atoms with Gasteiger partial charge < -0.3 is 14.9 Å². The maximum absolute atomic E-state index is 12.2. The minimum absolute atomic E-state index is 0.149. The van der Waals surface area contributed by atoms with E-state index < -0.39 is 12.0 Å². The lowest BCUT2D eigenvalue weighted by Gasteiger charge is -2.32. The molecule has 0 radical (unpaired) electrons. The molecule has 0 saturated carbocycles. The second-order valence-corrected chi connectivity index (χ2v) is 4.55. The van der Waals surface area contributed by atoms with Crippen molar-refractivity contribution in [1.82, 2.24) is 9.80 Å². The number of carbonyl (C=O) groups is 2. The van der Waals surface area contributed by atoms with Gasteiger partial charge in [-0.15, -0.1) is 0 Å². The van der Waals surface area contributed by atoms with Gasteiger partial charge in [-0.25, -0.2) is 9.59 Å². The predicted molar refractivity (Wildman–Crippen MR) is 64.9 cm³/mol. The molecule has 17 heavy (non-hydrogen) atoms. The first kappa shape index (κ1) is 13.8. The Balaban J connectivity index is 2.71. The van der Waals surface area contributed by atoms with Crippen LogP contribution in [0.1, 0.15) is 39.5 Å². The van der Waals surface area contributed by atoms with E-state index in [-0.39, 0.29) is 12.1 Å². The van der Waals surface area contributed by atoms with Crippen LogP contribution in [0, 0.1) is 0 Å². The molecule has 1 heterocycles. The zero-order valence-corrected chi connectivity index (χ0v) is 10.8. The van der Waals surface area contributed by atoms with Crippen LogP contribution in [0.3, 0.4) is 0 Å². The highest BCUT2D eigenvalue weighted by Gasteiger charge is 2.36. The predicted octanol–water partition coefficient (Wildman–Crippen LogP) is 1.78. The molecule has 0 bridgehead atoms. The number of carboxylic acid groups (broad SMARTS) is 1. The molecule has 1 N–H and O–H groups in total. The van der Waals surface area contributed by atoms with Crippen LogP contribution in [0.2, 0.25) is 0 Å². The fourth-order valence-corrected chi connectivity index (χ4v) is 2.45. The Hall–Kier alpha value is -1.26. The summed E-state index contributed by atoms with van der Waals surface area (Å²) in [6.07, 6.45) is 3.13. The lowest BCUT2D eigenvalue weighted by atomic mass is 10.1. The summed E-state index contributed by atoms with van der Waals surface area (Å²) in [5, 5.41) is 9.05. The van der Waals surface area contributed by atoms with Crippen molar-refractivity contribution in [1.29, 1.82) is 0 Å². The first-order chi connectivity index (χ1) is 8.02. The number of carbonyl (C=O) groups excluding carboxylic acids is 1. The van der Waals surface area contributed by atoms with Gasteiger partial charge in [0.1, 0.15) is 6.04 Å². The molecule has 2 amide bonds. The average Bonchev–Trinajstić information content (AvgIpc) is 2.78. The van der Waals surface area contributed by atoms with Crippen LogP contribution in [0.25, 0.3) is 0 Å². The van der Waals surface area contributed by atoms with Gasteiger partial charge in [-0.1, -0.05) is 13.8 Å². The summed E-state index contributed by atoms with van der Waals surface area (Å²) in [7, 11) is 1.76. The summed E-state index contributed by atoms with van der Waals surface area (Å²) in [6.45, 7) is 4.63. The van der Waals surface area contributed by atoms with Crippen LogP contribution >= 0.6 is 0 Å². The smallest absolute Gasteiger partial charge is 0.326 e. The van der Waals surface area contributed by atoms with E-state index in [0.717, 1.165) is 19.3 Å². The van der Waals surface area contributed by atoms with E-state index >= 15 is 0 Å². The summed E-state index contributed by atoms with van der Waals surface area (Å²) in [5.41, 5.74) is 0. The highest BCUT2D eigenvalue weighted by Crippen LogP contribution is 2.20. The summed E-state index contributed by atoms with van der Waals surface area (Å²) in [5.74, 6) is -0.895. The standard InChI is InChI=1S/C12H22N2O3/c1-4-9(5-2)13(3)12(17)14-8-6-7-10(14)11(15)16/h9-10H,4-8H2,1-3H3,(H,15,16). The van der Waals surface area contributed by atoms with Gasteiger partial charge in [-0.05, 0) is 25.7 Å². The molecule has 0 aromatic carbocycles. The van der Waals surface area contributed by atoms with Crippen molar-refractivity contribution < 1.29 is 14.7 Å². The van der Waals surface area contributed by atoms with E-state index in [1.807, 2.05) is 13.8 Å². The number of amides is 2. The van der Waals surface area contributed by atoms with Crippen LogP contribution < -0.4 is 0 Å². The van der Waals surface area contributed by atoms with E-state index in [2.05, 4.69) is 0 Å². The van der Waals surface area contributed by atoms with E-state index in [1.165, 1.54) is 4.90 Å². The Morgan fingerprint density at radius 2 is 2.00 bits per heavy atom. The quantitative estimate of drug-likeness (QED) is 0.817. The maximum atomic E-state index is 12.2. The third kappa shape index (κ3) is 2.90. The van der Waals surface area contributed by atoms with Crippen LogP contribution in [0.5, 0.6) is 0 Å². The van der Waals surface area contributed by atoms with Crippen molar-refractivity contribution >= 4 is 12.0 Å². The Morgan fingerprint density at radius 3 is 2.47 bits per heavy atom. The largest absolute Gasteiger partial charge is 0.480 e. The topological polar surface area (TPSA) is 60.9 Å². The molecule has 1 aliphatic rings. The van der Waals surface area contributed by atoms with Crippen LogP contribution in [-0.2, 0) is 4.79 Å². The van der Waals surface area contributed by atoms with Crippen molar-refractivity contribution in [3.8, 4) is 0 Å². The summed E-state index contributed by atoms with van der Waals surface area (Å²) in [4.78, 5) is 26.4. The molecule has 5 nitrogen and oxygen atoms in total. The Kier molecular flexibility index (Phi) is 4.78. The van der Waals surface area contributed by atoms with E-state index in [9.17, 15) is 9.59 Å². The zero-order chi connectivity index (χ0) is 13.0. The fraction of sp³-hybridized carbons (Fsp3) is 0.833. The Bertz CT molecular complexity index is 289. The van der Waals surface area contributed by atoms with Gasteiger partial charge >= 0.3 is 12.0 Å². The van der Waals surface area contributed by atoms with Crippen molar-refractivity contribution in [2.24, 2.45) is 0 Å². The third-order valence-corrected chi connectivity index (χ3v) is 3.58. The van der Waals surface area contributed by atoms with Gasteiger partial charge in [0.25, 0.3) is 0 Å². The number of urea groups is 1. The number of hydrogen-bond acceptors (Lipinski definition) is 2. The molecule has 5 heteroatoms. The van der Waals surface area contributed by atoms with Crippen molar-refractivity contribution in [3.05, 3.63) is 0 Å². The van der Waals surface area contributed by atoms with Crippen LogP contribution in [-0.4, -0.2) is 52.6 Å². The summed E-state index contributed by atoms with van der Waals surface area (Å²) in [6, 6.07) is -0.597. The monoisotopic (exact) mass is 242 g/mol. The first-order valence-electron chi connectivity index (χ1n) is 6.29. The Labute approximate surface area is 102 Å². The van der Waals surface area contributed by atoms with Crippen molar-refractivity contribution in [3.63, 3.8) is 0 Å². The van der Waals surface area contributed by atoms with Crippen LogP contribution in [0.15, 0.2) is 0 Å². The normalized spacial score (nSPS) is 19.8. The molecule has 1 rings (SSSR count). The highest BCUT2D eigenvalue weighted by atomic mass is 16.4. The highest BCUT2D eigenvalue weighted by molar-refractivity contribution is 5.83. The molecule has 1 saturated heterocycles. The molecule has 0 aromatic rings. The summed E-state index contributed by atoms with van der Waals surface area (Å²) >= 11 is 0. The maximum Gasteiger partial charge on any atom is 0.326 e. The second-order valence-electron chi connectivity index (χ2n) is 4.55. The van der Waals surface area contributed by atoms with Gasteiger partial charge in [0, 0.05) is 19.6 Å². The number of carboxylic acids is 1. The number of rotatable bonds is 4. The van der Waals surface area contributed by atoms with E-state index in [1.54, 1.807) is 11.9 Å². The van der Waals surface area contributed by atoms with Crippen molar-refractivity contribution in [2.75, 3.05) is 13.6 Å². The molecule has 1 fully saturated rings. The molecule has 1 unspecified atom stereocenters. The Morgan fingerprint density at radius 1 is 1.41 bits per heavy atom. The molecule has 1 aliphatic heterocycles. The third-order valence-electron chi connectivity index (χ3n) is 3.58. The number of hydrogen-bond donors (Lipinski definition) is 1. The zero-order valence-electron chi connectivity index (χ0n) is 10.8. The molecule has 1 atom stereocenters. The molecular formula is C12H22N2O3. The lowest BCUT2D eigenvalue weighted by molar-refractivity contribution is -0.141. The minimum Gasteiger partial charge on any atom is -0.480 e. The van der Waals surface area contributed by atoms with Crippen molar-refractivity contribution in [2.45, 2.75) is 51.6 Å². The van der Waals surface area contributed by atoms with Gasteiger partial charge in [-0.3, -0.25) is 0 Å². The van der Waals surface area contributed by atoms with Gasteiger partial charge in [0.05, 0.1) is 0 Å². The summed E-state index contributed by atoms with van der Waals surface area (Å²) < 4.78 is 0. The molecule has 0 spiro atoms. The van der Waals surface area contributed by atoms with E-state index in [0.29, 0.717) is 13.0 Å².